The Morgan fingerprint density at radius 3 is 1.45 bits per heavy atom. The zero-order chi connectivity index (χ0) is 15.4. The number of unbranched alkanes of at least 4 members (excludes halogenated alkanes) is 4. The molecular formula is C18H37NO. The highest BCUT2D eigenvalue weighted by molar-refractivity contribution is 5.74. The Labute approximate surface area is 127 Å². The van der Waals surface area contributed by atoms with E-state index < -0.39 is 0 Å². The van der Waals surface area contributed by atoms with Crippen molar-refractivity contribution in [3.05, 3.63) is 0 Å². The smallest absolute Gasteiger partial charge is 0.219 e. The van der Waals surface area contributed by atoms with E-state index in [1.807, 2.05) is 0 Å². The van der Waals surface area contributed by atoms with E-state index >= 15 is 0 Å². The van der Waals surface area contributed by atoms with Crippen LogP contribution in [-0.4, -0.2) is 22.9 Å². The number of carbonyl (C=O) groups is 1. The predicted molar refractivity (Wildman–Crippen MR) is 89.0 cm³/mol. The lowest BCUT2D eigenvalue weighted by molar-refractivity contribution is -0.134. The molecule has 0 fully saturated rings. The van der Waals surface area contributed by atoms with Crippen LogP contribution in [0.15, 0.2) is 0 Å². The molecule has 0 heterocycles. The lowest BCUT2D eigenvalue weighted by atomic mass is 9.98. The fourth-order valence-corrected chi connectivity index (χ4v) is 3.15. The molecular weight excluding hydrogens is 246 g/mol. The van der Waals surface area contributed by atoms with Crippen molar-refractivity contribution >= 4 is 5.91 Å². The summed E-state index contributed by atoms with van der Waals surface area (Å²) < 4.78 is 0. The van der Waals surface area contributed by atoms with Crippen molar-refractivity contribution in [3.8, 4) is 0 Å². The fourth-order valence-electron chi connectivity index (χ4n) is 3.15. The molecule has 2 nitrogen and oxygen atoms in total. The maximum Gasteiger partial charge on any atom is 0.219 e. The van der Waals surface area contributed by atoms with Crippen molar-refractivity contribution in [3.63, 3.8) is 0 Å². The highest BCUT2D eigenvalue weighted by Gasteiger charge is 2.25. The van der Waals surface area contributed by atoms with Gasteiger partial charge in [0.25, 0.3) is 0 Å². The minimum Gasteiger partial charge on any atom is -0.337 e. The summed E-state index contributed by atoms with van der Waals surface area (Å²) in [6, 6.07) is 0.899. The molecule has 0 aromatic rings. The molecule has 0 rings (SSSR count). The number of hydrogen-bond donors (Lipinski definition) is 0. The summed E-state index contributed by atoms with van der Waals surface area (Å²) in [5, 5.41) is 0. The molecule has 0 saturated heterocycles. The van der Waals surface area contributed by atoms with Gasteiger partial charge in [-0.25, -0.2) is 0 Å². The van der Waals surface area contributed by atoms with Gasteiger partial charge in [-0.15, -0.1) is 0 Å². The molecule has 0 aliphatic carbocycles. The Kier molecular flexibility index (Phi) is 11.9. The van der Waals surface area contributed by atoms with Crippen molar-refractivity contribution in [1.82, 2.24) is 4.90 Å². The lowest BCUT2D eigenvalue weighted by Crippen LogP contribution is -2.45. The van der Waals surface area contributed by atoms with Crippen molar-refractivity contribution in [1.29, 1.82) is 0 Å². The molecule has 20 heavy (non-hydrogen) atoms. The average Bonchev–Trinajstić information content (AvgIpc) is 2.44. The van der Waals surface area contributed by atoms with Gasteiger partial charge in [0.1, 0.15) is 0 Å². The van der Waals surface area contributed by atoms with Gasteiger partial charge in [-0.2, -0.15) is 0 Å². The second kappa shape index (κ2) is 12.2. The molecule has 0 aromatic heterocycles. The minimum absolute atomic E-state index is 0.275. The summed E-state index contributed by atoms with van der Waals surface area (Å²) in [7, 11) is 0. The minimum atomic E-state index is 0.275. The van der Waals surface area contributed by atoms with Crippen molar-refractivity contribution in [2.75, 3.05) is 0 Å². The summed E-state index contributed by atoms with van der Waals surface area (Å²) in [5.41, 5.74) is 0. The zero-order valence-corrected chi connectivity index (χ0v) is 14.6. The Morgan fingerprint density at radius 2 is 1.20 bits per heavy atom. The normalized spacial score (nSPS) is 14.1. The molecule has 2 unspecified atom stereocenters. The van der Waals surface area contributed by atoms with Crippen LogP contribution in [0.25, 0.3) is 0 Å². The van der Waals surface area contributed by atoms with Gasteiger partial charge in [0.2, 0.25) is 5.91 Å². The van der Waals surface area contributed by atoms with Gasteiger partial charge in [-0.1, -0.05) is 66.2 Å². The van der Waals surface area contributed by atoms with Gasteiger partial charge >= 0.3 is 0 Å². The van der Waals surface area contributed by atoms with E-state index in [1.165, 1.54) is 51.4 Å². The van der Waals surface area contributed by atoms with Crippen molar-refractivity contribution < 1.29 is 4.79 Å². The Balaban J connectivity index is 4.64. The van der Waals surface area contributed by atoms with Crippen LogP contribution in [0.5, 0.6) is 0 Å². The fraction of sp³-hybridized carbons (Fsp3) is 0.944. The standard InChI is InChI=1S/C18H37NO/c1-6-10-12-14-17(8-3)19(16(5)20)18(9-4)15-13-11-7-2/h17-18H,6-15H2,1-5H3. The quantitative estimate of drug-likeness (QED) is 0.430. The van der Waals surface area contributed by atoms with Gasteiger partial charge in [0, 0.05) is 19.0 Å². The number of rotatable bonds is 12. The number of amides is 1. The van der Waals surface area contributed by atoms with E-state index in [9.17, 15) is 4.79 Å². The molecule has 2 atom stereocenters. The molecule has 0 saturated carbocycles. The molecule has 1 amide bonds. The van der Waals surface area contributed by atoms with E-state index in [-0.39, 0.29) is 5.91 Å². The van der Waals surface area contributed by atoms with Gasteiger partial charge in [-0.05, 0) is 25.7 Å². The second-order valence-corrected chi connectivity index (χ2v) is 6.04. The van der Waals surface area contributed by atoms with E-state index in [1.54, 1.807) is 6.92 Å². The third-order valence-corrected chi connectivity index (χ3v) is 4.37. The molecule has 0 aliphatic heterocycles. The van der Waals surface area contributed by atoms with Gasteiger partial charge in [-0.3, -0.25) is 4.79 Å². The van der Waals surface area contributed by atoms with E-state index in [4.69, 9.17) is 0 Å². The molecule has 0 aliphatic rings. The first-order chi connectivity index (χ1) is 9.62. The van der Waals surface area contributed by atoms with Crippen LogP contribution in [-0.2, 0) is 4.79 Å². The average molecular weight is 284 g/mol. The van der Waals surface area contributed by atoms with Crippen LogP contribution in [0.4, 0.5) is 0 Å². The highest BCUT2D eigenvalue weighted by atomic mass is 16.2. The van der Waals surface area contributed by atoms with E-state index in [2.05, 4.69) is 32.6 Å². The third kappa shape index (κ3) is 7.31. The summed E-state index contributed by atoms with van der Waals surface area (Å²) in [4.78, 5) is 14.3. The highest BCUT2D eigenvalue weighted by Crippen LogP contribution is 2.22. The van der Waals surface area contributed by atoms with Crippen LogP contribution < -0.4 is 0 Å². The van der Waals surface area contributed by atoms with Gasteiger partial charge in [0.15, 0.2) is 0 Å². The molecule has 0 aromatic carbocycles. The summed E-state index contributed by atoms with van der Waals surface area (Å²) in [6.07, 6.45) is 12.1. The number of carbonyl (C=O) groups excluding carboxylic acids is 1. The van der Waals surface area contributed by atoms with Crippen LogP contribution in [0, 0.1) is 0 Å². The van der Waals surface area contributed by atoms with Crippen molar-refractivity contribution in [2.45, 2.75) is 111 Å². The summed E-state index contributed by atoms with van der Waals surface area (Å²) in [6.45, 7) is 10.7. The number of hydrogen-bond acceptors (Lipinski definition) is 1. The summed E-state index contributed by atoms with van der Waals surface area (Å²) >= 11 is 0. The van der Waals surface area contributed by atoms with Crippen LogP contribution in [0.2, 0.25) is 0 Å². The molecule has 0 N–H and O–H groups in total. The van der Waals surface area contributed by atoms with Crippen LogP contribution >= 0.6 is 0 Å². The molecule has 0 spiro atoms. The first-order valence-electron chi connectivity index (χ1n) is 8.91. The molecule has 0 bridgehead atoms. The maximum atomic E-state index is 12.1. The first kappa shape index (κ1) is 19.5. The van der Waals surface area contributed by atoms with Crippen LogP contribution in [0.1, 0.15) is 98.8 Å². The van der Waals surface area contributed by atoms with E-state index in [0.717, 1.165) is 12.8 Å². The van der Waals surface area contributed by atoms with Gasteiger partial charge in [0.05, 0.1) is 0 Å². The Morgan fingerprint density at radius 1 is 0.800 bits per heavy atom. The summed E-state index contributed by atoms with van der Waals surface area (Å²) in [5.74, 6) is 0.275. The lowest BCUT2D eigenvalue weighted by Gasteiger charge is -2.37. The molecule has 2 heteroatoms. The number of nitrogens with zero attached hydrogens (tertiary/aromatic N) is 1. The maximum absolute atomic E-state index is 12.1. The SMILES string of the molecule is CCCCCC(CC)N(C(C)=O)C(CC)CCCCC. The first-order valence-corrected chi connectivity index (χ1v) is 8.91. The topological polar surface area (TPSA) is 20.3 Å². The third-order valence-electron chi connectivity index (χ3n) is 4.37. The van der Waals surface area contributed by atoms with E-state index in [0.29, 0.717) is 12.1 Å². The molecule has 0 radical (unpaired) electrons. The monoisotopic (exact) mass is 283 g/mol. The van der Waals surface area contributed by atoms with Gasteiger partial charge < -0.3 is 4.90 Å². The second-order valence-electron chi connectivity index (χ2n) is 6.04. The van der Waals surface area contributed by atoms with Crippen molar-refractivity contribution in [2.24, 2.45) is 0 Å². The zero-order valence-electron chi connectivity index (χ0n) is 14.6. The Hall–Kier alpha value is -0.530. The predicted octanol–water partition coefficient (Wildman–Crippen LogP) is 5.55. The van der Waals surface area contributed by atoms with Crippen LogP contribution in [0.3, 0.4) is 0 Å². The Bertz CT molecular complexity index is 222. The largest absolute Gasteiger partial charge is 0.337 e. The molecule has 120 valence electrons.